The van der Waals surface area contributed by atoms with Gasteiger partial charge in [-0.2, -0.15) is 15.1 Å². The van der Waals surface area contributed by atoms with Gasteiger partial charge in [0.15, 0.2) is 0 Å². The number of hydrogen-bond acceptors (Lipinski definition) is 7. The zero-order chi connectivity index (χ0) is 9.97. The van der Waals surface area contributed by atoms with Crippen LogP contribution in [0.1, 0.15) is 5.89 Å². The van der Waals surface area contributed by atoms with Gasteiger partial charge in [-0.15, -0.1) is 5.10 Å². The minimum absolute atomic E-state index is 0.279. The summed E-state index contributed by atoms with van der Waals surface area (Å²) in [6.07, 6.45) is 1.40. The molecule has 2 heterocycles. The fraction of sp³-hybridized carbons (Fsp3) is 0.286. The van der Waals surface area contributed by atoms with E-state index in [1.54, 1.807) is 6.92 Å². The van der Waals surface area contributed by atoms with E-state index in [2.05, 4.69) is 25.3 Å². The van der Waals surface area contributed by atoms with Gasteiger partial charge in [-0.1, -0.05) is 5.16 Å². The van der Waals surface area contributed by atoms with Crippen molar-refractivity contribution in [2.45, 2.75) is 6.92 Å². The fourth-order valence-electron chi connectivity index (χ4n) is 0.872. The van der Waals surface area contributed by atoms with E-state index >= 15 is 0 Å². The minimum atomic E-state index is 0.279. The number of ether oxygens (including phenoxy) is 1. The average molecular weight is 193 g/mol. The molecule has 0 saturated carbocycles. The summed E-state index contributed by atoms with van der Waals surface area (Å²) < 4.78 is 9.67. The molecule has 0 amide bonds. The van der Waals surface area contributed by atoms with E-state index < -0.39 is 0 Å². The normalized spacial score (nSPS) is 10.1. The summed E-state index contributed by atoms with van der Waals surface area (Å²) in [6, 6.07) is 0. The smallest absolute Gasteiger partial charge is 0.242 e. The maximum Gasteiger partial charge on any atom is 0.242 e. The van der Waals surface area contributed by atoms with E-state index in [-0.39, 0.29) is 5.82 Å². The van der Waals surface area contributed by atoms with Crippen molar-refractivity contribution in [3.63, 3.8) is 0 Å². The second-order valence-corrected chi connectivity index (χ2v) is 2.46. The first-order chi connectivity index (χ1) is 6.79. The summed E-state index contributed by atoms with van der Waals surface area (Å²) in [5.74, 6) is 1.39. The van der Waals surface area contributed by atoms with Gasteiger partial charge in [-0.3, -0.25) is 0 Å². The average Bonchev–Trinajstić information content (AvgIpc) is 2.65. The Morgan fingerprint density at radius 2 is 2.14 bits per heavy atom. The van der Waals surface area contributed by atoms with Crippen LogP contribution in [0.3, 0.4) is 0 Å². The van der Waals surface area contributed by atoms with Crippen LogP contribution >= 0.6 is 0 Å². The highest BCUT2D eigenvalue weighted by atomic mass is 16.5. The monoisotopic (exact) mass is 193 g/mol. The van der Waals surface area contributed by atoms with Crippen LogP contribution in [0.5, 0.6) is 5.88 Å². The highest BCUT2D eigenvalue weighted by Crippen LogP contribution is 2.11. The summed E-state index contributed by atoms with van der Waals surface area (Å²) in [4.78, 5) is 7.95. The molecule has 14 heavy (non-hydrogen) atoms. The molecule has 0 N–H and O–H groups in total. The van der Waals surface area contributed by atoms with Gasteiger partial charge in [-0.05, 0) is 0 Å². The number of rotatable bonds is 2. The van der Waals surface area contributed by atoms with Crippen molar-refractivity contribution >= 4 is 0 Å². The zero-order valence-electron chi connectivity index (χ0n) is 7.63. The second-order valence-electron chi connectivity index (χ2n) is 2.46. The first kappa shape index (κ1) is 8.54. The summed E-state index contributed by atoms with van der Waals surface area (Å²) in [5, 5.41) is 11.1. The van der Waals surface area contributed by atoms with Crippen LogP contribution in [0.25, 0.3) is 11.6 Å². The van der Waals surface area contributed by atoms with Gasteiger partial charge in [-0.25, -0.2) is 0 Å². The summed E-state index contributed by atoms with van der Waals surface area (Å²) >= 11 is 0. The van der Waals surface area contributed by atoms with Gasteiger partial charge < -0.3 is 9.26 Å². The molecule has 0 aliphatic carbocycles. The molecule has 7 nitrogen and oxygen atoms in total. The van der Waals surface area contributed by atoms with Crippen molar-refractivity contribution in [3.05, 3.63) is 12.1 Å². The molecular formula is C7H7N5O2. The number of aromatic nitrogens is 5. The number of aryl methyl sites for hydroxylation is 1. The van der Waals surface area contributed by atoms with E-state index in [4.69, 9.17) is 9.26 Å². The van der Waals surface area contributed by atoms with E-state index in [0.29, 0.717) is 17.6 Å². The van der Waals surface area contributed by atoms with Crippen LogP contribution in [-0.2, 0) is 0 Å². The predicted molar refractivity (Wildman–Crippen MR) is 44.4 cm³/mol. The predicted octanol–water partition coefficient (Wildman–Crippen LogP) is 0.239. The van der Waals surface area contributed by atoms with Crippen molar-refractivity contribution < 1.29 is 9.26 Å². The molecule has 0 spiro atoms. The lowest BCUT2D eigenvalue weighted by Gasteiger charge is -1.96. The molecule has 0 saturated heterocycles. The first-order valence-electron chi connectivity index (χ1n) is 3.84. The number of hydrogen-bond donors (Lipinski definition) is 0. The van der Waals surface area contributed by atoms with Crippen LogP contribution in [0, 0.1) is 6.92 Å². The Balaban J connectivity index is 2.41. The van der Waals surface area contributed by atoms with Crippen LogP contribution in [0.4, 0.5) is 0 Å². The maximum atomic E-state index is 4.88. The lowest BCUT2D eigenvalue weighted by Crippen LogP contribution is -1.96. The van der Waals surface area contributed by atoms with E-state index in [1.807, 2.05) is 0 Å². The molecule has 0 fully saturated rings. The third-order valence-corrected chi connectivity index (χ3v) is 1.47. The minimum Gasteiger partial charge on any atom is -0.480 e. The van der Waals surface area contributed by atoms with Crippen molar-refractivity contribution in [2.24, 2.45) is 0 Å². The van der Waals surface area contributed by atoms with Crippen LogP contribution in [-0.4, -0.2) is 32.4 Å². The van der Waals surface area contributed by atoms with Crippen LogP contribution in [0.15, 0.2) is 10.7 Å². The summed E-state index contributed by atoms with van der Waals surface area (Å²) in [7, 11) is 1.50. The Labute approximate surface area is 79.1 Å². The third-order valence-electron chi connectivity index (χ3n) is 1.47. The number of nitrogens with zero attached hydrogens (tertiary/aromatic N) is 5. The van der Waals surface area contributed by atoms with E-state index in [0.717, 1.165) is 0 Å². The Kier molecular flexibility index (Phi) is 2.05. The molecular weight excluding hydrogens is 186 g/mol. The Hall–Kier alpha value is -2.05. The van der Waals surface area contributed by atoms with Crippen molar-refractivity contribution in [1.29, 1.82) is 0 Å². The highest BCUT2D eigenvalue weighted by Gasteiger charge is 2.10. The molecule has 0 radical (unpaired) electrons. The molecule has 2 aromatic rings. The Morgan fingerprint density at radius 1 is 1.29 bits per heavy atom. The summed E-state index contributed by atoms with van der Waals surface area (Å²) in [5.41, 5.74) is 0. The van der Waals surface area contributed by atoms with Gasteiger partial charge in [0.05, 0.1) is 7.11 Å². The van der Waals surface area contributed by atoms with Crippen molar-refractivity contribution in [1.82, 2.24) is 25.3 Å². The molecule has 0 aliphatic heterocycles. The van der Waals surface area contributed by atoms with Gasteiger partial charge >= 0.3 is 0 Å². The molecule has 0 bridgehead atoms. The SMILES string of the molecule is COc1cnnc(-c2noc(C)n2)n1. The third kappa shape index (κ3) is 1.51. The molecule has 0 atom stereocenters. The highest BCUT2D eigenvalue weighted by molar-refractivity contribution is 5.40. The molecule has 0 aliphatic rings. The first-order valence-corrected chi connectivity index (χ1v) is 3.84. The molecule has 7 heteroatoms. The van der Waals surface area contributed by atoms with E-state index in [9.17, 15) is 0 Å². The van der Waals surface area contributed by atoms with Gasteiger partial charge in [0.2, 0.25) is 23.4 Å². The quantitative estimate of drug-likeness (QED) is 0.674. The topological polar surface area (TPSA) is 86.8 Å². The number of methoxy groups -OCH3 is 1. The lowest BCUT2D eigenvalue weighted by atomic mass is 10.5. The molecule has 0 unspecified atom stereocenters. The largest absolute Gasteiger partial charge is 0.480 e. The molecule has 72 valence electrons. The molecule has 0 aromatic carbocycles. The van der Waals surface area contributed by atoms with Gasteiger partial charge in [0, 0.05) is 6.92 Å². The maximum absolute atomic E-state index is 4.88. The van der Waals surface area contributed by atoms with Crippen molar-refractivity contribution in [3.8, 4) is 17.5 Å². The van der Waals surface area contributed by atoms with Gasteiger partial charge in [0.25, 0.3) is 0 Å². The Bertz CT molecular complexity index is 441. The lowest BCUT2D eigenvalue weighted by molar-refractivity contribution is 0.390. The molecule has 2 rings (SSSR count). The van der Waals surface area contributed by atoms with Crippen molar-refractivity contribution in [2.75, 3.05) is 7.11 Å². The van der Waals surface area contributed by atoms with Crippen LogP contribution < -0.4 is 4.74 Å². The standard InChI is InChI=1S/C7H7N5O2/c1-4-9-7(12-14-4)6-10-5(13-2)3-8-11-6/h3H,1-2H3. The fourth-order valence-corrected chi connectivity index (χ4v) is 0.872. The Morgan fingerprint density at radius 3 is 2.79 bits per heavy atom. The second kappa shape index (κ2) is 3.36. The molecule has 2 aromatic heterocycles. The van der Waals surface area contributed by atoms with Crippen LogP contribution in [0.2, 0.25) is 0 Å². The zero-order valence-corrected chi connectivity index (χ0v) is 7.63. The summed E-state index contributed by atoms with van der Waals surface area (Å²) in [6.45, 7) is 1.68. The van der Waals surface area contributed by atoms with E-state index in [1.165, 1.54) is 13.3 Å². The van der Waals surface area contributed by atoms with Gasteiger partial charge in [0.1, 0.15) is 6.20 Å².